The Morgan fingerprint density at radius 2 is 2.00 bits per heavy atom. The molecule has 0 radical (unpaired) electrons. The van der Waals surface area contributed by atoms with Gasteiger partial charge in [0.25, 0.3) is 11.7 Å². The van der Waals surface area contributed by atoms with Gasteiger partial charge >= 0.3 is 0 Å². The molecular formula is C16H18FNO2. The lowest BCUT2D eigenvalue weighted by Crippen LogP contribution is -2.31. The Hall–Kier alpha value is -1.97. The first-order valence-electron chi connectivity index (χ1n) is 6.83. The molecule has 0 unspecified atom stereocenters. The third kappa shape index (κ3) is 2.64. The molecule has 106 valence electrons. The van der Waals surface area contributed by atoms with E-state index in [4.69, 9.17) is 0 Å². The standard InChI is InChI=1S/C16H18FNO2/c1-3-4-5-6-7-8-18-14-11(2)9-12(17)10-13(14)15(19)16(18)20/h3,9-10H,1,4-8H2,2H3. The maximum atomic E-state index is 13.4. The molecule has 0 N–H and O–H groups in total. The van der Waals surface area contributed by atoms with E-state index in [1.165, 1.54) is 11.0 Å². The van der Waals surface area contributed by atoms with Crippen molar-refractivity contribution in [3.63, 3.8) is 0 Å². The molecule has 1 heterocycles. The quantitative estimate of drug-likeness (QED) is 0.453. The molecule has 2 rings (SSSR count). The van der Waals surface area contributed by atoms with Crippen molar-refractivity contribution in [3.8, 4) is 0 Å². The normalized spacial score (nSPS) is 13.8. The summed E-state index contributed by atoms with van der Waals surface area (Å²) in [7, 11) is 0. The second-order valence-electron chi connectivity index (χ2n) is 5.04. The molecule has 3 nitrogen and oxygen atoms in total. The highest BCUT2D eigenvalue weighted by molar-refractivity contribution is 6.52. The number of fused-ring (bicyclic) bond motifs is 1. The molecular weight excluding hydrogens is 257 g/mol. The number of carbonyl (C=O) groups is 2. The minimum absolute atomic E-state index is 0.193. The first-order valence-corrected chi connectivity index (χ1v) is 6.83. The van der Waals surface area contributed by atoms with Crippen LogP contribution in [0, 0.1) is 12.7 Å². The van der Waals surface area contributed by atoms with Crippen LogP contribution in [0.5, 0.6) is 0 Å². The number of nitrogens with zero attached hydrogens (tertiary/aromatic N) is 1. The van der Waals surface area contributed by atoms with Crippen molar-refractivity contribution in [3.05, 3.63) is 41.7 Å². The molecule has 1 aromatic carbocycles. The van der Waals surface area contributed by atoms with E-state index in [2.05, 4.69) is 6.58 Å². The molecule has 0 spiro atoms. The van der Waals surface area contributed by atoms with Crippen LogP contribution >= 0.6 is 0 Å². The lowest BCUT2D eigenvalue weighted by atomic mass is 10.1. The molecule has 1 aliphatic heterocycles. The molecule has 0 aliphatic carbocycles. The lowest BCUT2D eigenvalue weighted by molar-refractivity contribution is -0.114. The minimum atomic E-state index is -0.603. The van der Waals surface area contributed by atoms with Crippen molar-refractivity contribution in [1.29, 1.82) is 0 Å². The Bertz CT molecular complexity index is 566. The summed E-state index contributed by atoms with van der Waals surface area (Å²) in [6, 6.07) is 2.51. The number of hydrogen-bond donors (Lipinski definition) is 0. The molecule has 0 atom stereocenters. The zero-order valence-corrected chi connectivity index (χ0v) is 11.6. The van der Waals surface area contributed by atoms with Gasteiger partial charge < -0.3 is 4.90 Å². The number of Topliss-reactive ketones (excluding diaryl/α,β-unsaturated/α-hetero) is 1. The molecule has 1 aliphatic rings. The van der Waals surface area contributed by atoms with Crippen molar-refractivity contribution in [2.45, 2.75) is 32.6 Å². The number of unbranched alkanes of at least 4 members (excludes halogenated alkanes) is 3. The summed E-state index contributed by atoms with van der Waals surface area (Å²) in [5.41, 5.74) is 1.40. The molecule has 4 heteroatoms. The Morgan fingerprint density at radius 3 is 2.70 bits per heavy atom. The molecule has 20 heavy (non-hydrogen) atoms. The second kappa shape index (κ2) is 5.99. The summed E-state index contributed by atoms with van der Waals surface area (Å²) in [6.07, 6.45) is 5.64. The van der Waals surface area contributed by atoms with E-state index in [9.17, 15) is 14.0 Å². The lowest BCUT2D eigenvalue weighted by Gasteiger charge is -2.18. The van der Waals surface area contributed by atoms with Gasteiger partial charge in [0.15, 0.2) is 0 Å². The summed E-state index contributed by atoms with van der Waals surface area (Å²) < 4.78 is 13.4. The molecule has 1 aromatic rings. The van der Waals surface area contributed by atoms with Gasteiger partial charge in [-0.1, -0.05) is 12.5 Å². The number of aryl methyl sites for hydroxylation is 1. The molecule has 0 bridgehead atoms. The highest BCUT2D eigenvalue weighted by Crippen LogP contribution is 2.33. The Kier molecular flexibility index (Phi) is 4.32. The Balaban J connectivity index is 2.14. The van der Waals surface area contributed by atoms with Crippen molar-refractivity contribution < 1.29 is 14.0 Å². The SMILES string of the molecule is C=CCCCCCN1C(=O)C(=O)c2cc(F)cc(C)c21. The zero-order valence-electron chi connectivity index (χ0n) is 11.6. The fourth-order valence-electron chi connectivity index (χ4n) is 2.55. The van der Waals surface area contributed by atoms with E-state index in [0.29, 0.717) is 17.8 Å². The van der Waals surface area contributed by atoms with Gasteiger partial charge in [0, 0.05) is 6.54 Å². The van der Waals surface area contributed by atoms with E-state index >= 15 is 0 Å². The number of halogens is 1. The number of carbonyl (C=O) groups excluding carboxylic acids is 2. The summed E-state index contributed by atoms with van der Waals surface area (Å²) >= 11 is 0. The highest BCUT2D eigenvalue weighted by Gasteiger charge is 2.36. The smallest absolute Gasteiger partial charge is 0.299 e. The van der Waals surface area contributed by atoms with E-state index in [0.717, 1.165) is 31.7 Å². The monoisotopic (exact) mass is 275 g/mol. The van der Waals surface area contributed by atoms with Crippen LogP contribution in [0.1, 0.15) is 41.6 Å². The minimum Gasteiger partial charge on any atom is -0.304 e. The number of rotatable bonds is 6. The van der Waals surface area contributed by atoms with Crippen LogP contribution < -0.4 is 4.90 Å². The van der Waals surface area contributed by atoms with Gasteiger partial charge in [0.05, 0.1) is 11.3 Å². The summed E-state index contributed by atoms with van der Waals surface area (Å²) in [5, 5.41) is 0. The second-order valence-corrected chi connectivity index (χ2v) is 5.04. The number of hydrogen-bond acceptors (Lipinski definition) is 2. The van der Waals surface area contributed by atoms with Gasteiger partial charge in [-0.25, -0.2) is 4.39 Å². The van der Waals surface area contributed by atoms with E-state index in [1.807, 2.05) is 6.08 Å². The summed E-state index contributed by atoms with van der Waals surface area (Å²) in [4.78, 5) is 25.3. The molecule has 0 fully saturated rings. The van der Waals surface area contributed by atoms with Gasteiger partial charge in [0.1, 0.15) is 5.82 Å². The molecule has 1 amide bonds. The van der Waals surface area contributed by atoms with Gasteiger partial charge in [-0.3, -0.25) is 9.59 Å². The van der Waals surface area contributed by atoms with Gasteiger partial charge in [-0.15, -0.1) is 6.58 Å². The highest BCUT2D eigenvalue weighted by atomic mass is 19.1. The van der Waals surface area contributed by atoms with E-state index < -0.39 is 17.5 Å². The van der Waals surface area contributed by atoms with Gasteiger partial charge in [-0.05, 0) is 43.9 Å². The van der Waals surface area contributed by atoms with Crippen LogP contribution in [0.2, 0.25) is 0 Å². The maximum absolute atomic E-state index is 13.4. The van der Waals surface area contributed by atoms with Crippen LogP contribution in [0.3, 0.4) is 0 Å². The van der Waals surface area contributed by atoms with E-state index in [1.54, 1.807) is 6.92 Å². The number of amides is 1. The Labute approximate surface area is 118 Å². The predicted octanol–water partition coefficient (Wildman–Crippen LogP) is 3.41. The number of anilines is 1. The maximum Gasteiger partial charge on any atom is 0.299 e. The fraction of sp³-hybridized carbons (Fsp3) is 0.375. The van der Waals surface area contributed by atoms with Crippen molar-refractivity contribution in [2.75, 3.05) is 11.4 Å². The van der Waals surface area contributed by atoms with E-state index in [-0.39, 0.29) is 5.56 Å². The average molecular weight is 275 g/mol. The van der Waals surface area contributed by atoms with Crippen LogP contribution in [-0.4, -0.2) is 18.2 Å². The number of ketones is 1. The fourth-order valence-corrected chi connectivity index (χ4v) is 2.55. The first kappa shape index (κ1) is 14.4. The van der Waals surface area contributed by atoms with Crippen LogP contribution in [0.25, 0.3) is 0 Å². The van der Waals surface area contributed by atoms with Crippen LogP contribution in [0.15, 0.2) is 24.8 Å². The van der Waals surface area contributed by atoms with Crippen molar-refractivity contribution >= 4 is 17.4 Å². The van der Waals surface area contributed by atoms with Gasteiger partial charge in [-0.2, -0.15) is 0 Å². The van der Waals surface area contributed by atoms with Crippen LogP contribution in [-0.2, 0) is 4.79 Å². The number of benzene rings is 1. The third-order valence-corrected chi connectivity index (χ3v) is 3.51. The van der Waals surface area contributed by atoms with Crippen molar-refractivity contribution in [1.82, 2.24) is 0 Å². The summed E-state index contributed by atoms with van der Waals surface area (Å²) in [6.45, 7) is 5.88. The summed E-state index contributed by atoms with van der Waals surface area (Å²) in [5.74, 6) is -1.62. The van der Waals surface area contributed by atoms with Crippen LogP contribution in [0.4, 0.5) is 10.1 Å². The Morgan fingerprint density at radius 1 is 1.25 bits per heavy atom. The average Bonchev–Trinajstić information content (AvgIpc) is 2.64. The molecule has 0 saturated heterocycles. The van der Waals surface area contributed by atoms with Gasteiger partial charge in [0.2, 0.25) is 0 Å². The molecule has 0 saturated carbocycles. The molecule has 0 aromatic heterocycles. The number of allylic oxidation sites excluding steroid dienone is 1. The predicted molar refractivity (Wildman–Crippen MR) is 76.5 cm³/mol. The largest absolute Gasteiger partial charge is 0.304 e. The van der Waals surface area contributed by atoms with Crippen molar-refractivity contribution in [2.24, 2.45) is 0 Å². The zero-order chi connectivity index (χ0) is 14.7. The first-order chi connectivity index (χ1) is 9.56. The third-order valence-electron chi connectivity index (χ3n) is 3.51. The topological polar surface area (TPSA) is 37.4 Å².